The molecular weight excluding hydrogens is 271 g/mol. The Morgan fingerprint density at radius 2 is 2.10 bits per heavy atom. The number of carbonyl (C=O) groups excluding carboxylic acids is 1. The molecule has 0 saturated heterocycles. The fourth-order valence-electron chi connectivity index (χ4n) is 2.19. The molecule has 0 radical (unpaired) electrons. The molecule has 3 N–H and O–H groups in total. The first-order chi connectivity index (χ1) is 9.97. The highest BCUT2D eigenvalue weighted by molar-refractivity contribution is 5.82. The molecule has 0 aliphatic carbocycles. The molecule has 118 valence electrons. The lowest BCUT2D eigenvalue weighted by molar-refractivity contribution is -0.131. The third-order valence-corrected chi connectivity index (χ3v) is 3.91. The Kier molecular flexibility index (Phi) is 6.62. The first-order valence-electron chi connectivity index (χ1n) is 7.38. The molecule has 1 rings (SSSR count). The van der Waals surface area contributed by atoms with Crippen LogP contribution < -0.4 is 15.8 Å². The number of amides is 1. The summed E-state index contributed by atoms with van der Waals surface area (Å²) in [6, 6.07) is 5.95. The molecule has 1 aromatic carbocycles. The number of halogens is 1. The molecule has 0 aliphatic rings. The fourth-order valence-corrected chi connectivity index (χ4v) is 2.19. The van der Waals surface area contributed by atoms with Crippen LogP contribution in [0.15, 0.2) is 24.3 Å². The van der Waals surface area contributed by atoms with Gasteiger partial charge in [-0.15, -0.1) is 0 Å². The van der Waals surface area contributed by atoms with Crippen molar-refractivity contribution in [2.45, 2.75) is 39.7 Å². The van der Waals surface area contributed by atoms with Crippen molar-refractivity contribution in [1.29, 1.82) is 0 Å². The van der Waals surface area contributed by atoms with Crippen LogP contribution >= 0.6 is 0 Å². The average molecular weight is 296 g/mol. The van der Waals surface area contributed by atoms with Gasteiger partial charge in [-0.1, -0.05) is 19.9 Å². The largest absolute Gasteiger partial charge is 0.489 e. The molecule has 5 heteroatoms. The lowest BCUT2D eigenvalue weighted by atomic mass is 9.81. The van der Waals surface area contributed by atoms with Crippen LogP contribution in [0.1, 0.15) is 33.6 Å². The molecule has 0 aliphatic heterocycles. The molecule has 1 aromatic rings. The molecule has 0 fully saturated rings. The highest BCUT2D eigenvalue weighted by Gasteiger charge is 2.33. The lowest BCUT2D eigenvalue weighted by Crippen LogP contribution is -2.47. The molecule has 21 heavy (non-hydrogen) atoms. The summed E-state index contributed by atoms with van der Waals surface area (Å²) < 4.78 is 18.6. The summed E-state index contributed by atoms with van der Waals surface area (Å²) in [5, 5.41) is 2.87. The van der Waals surface area contributed by atoms with Crippen molar-refractivity contribution < 1.29 is 13.9 Å². The minimum Gasteiger partial charge on any atom is -0.489 e. The van der Waals surface area contributed by atoms with Gasteiger partial charge in [0.15, 0.2) is 0 Å². The molecule has 0 spiro atoms. The van der Waals surface area contributed by atoms with E-state index in [0.29, 0.717) is 31.7 Å². The molecular formula is C16H25FN2O2. The molecule has 0 aromatic heterocycles. The van der Waals surface area contributed by atoms with Crippen LogP contribution in [0.5, 0.6) is 5.75 Å². The standard InChI is InChI=1S/C16H25FN2O2/c1-4-16(5-2,11-18)15(20)19-10-12(3)21-14-8-6-7-13(17)9-14/h6-9,12H,4-5,10-11,18H2,1-3H3,(H,19,20). The van der Waals surface area contributed by atoms with Gasteiger partial charge in [0, 0.05) is 12.6 Å². The number of nitrogens with one attached hydrogen (secondary N) is 1. The zero-order chi connectivity index (χ0) is 15.9. The van der Waals surface area contributed by atoms with Gasteiger partial charge in [-0.3, -0.25) is 4.79 Å². The number of nitrogens with two attached hydrogens (primary N) is 1. The van der Waals surface area contributed by atoms with Crippen LogP contribution in [0.4, 0.5) is 4.39 Å². The van der Waals surface area contributed by atoms with E-state index in [4.69, 9.17) is 10.5 Å². The molecule has 4 nitrogen and oxygen atoms in total. The third-order valence-electron chi connectivity index (χ3n) is 3.91. The van der Waals surface area contributed by atoms with E-state index in [0.717, 1.165) is 0 Å². The normalized spacial score (nSPS) is 12.8. The minimum atomic E-state index is -0.515. The highest BCUT2D eigenvalue weighted by atomic mass is 19.1. The Morgan fingerprint density at radius 1 is 1.43 bits per heavy atom. The smallest absolute Gasteiger partial charge is 0.227 e. The highest BCUT2D eigenvalue weighted by Crippen LogP contribution is 2.24. The van der Waals surface area contributed by atoms with E-state index in [1.807, 2.05) is 20.8 Å². The van der Waals surface area contributed by atoms with Gasteiger partial charge in [0.1, 0.15) is 17.7 Å². The van der Waals surface area contributed by atoms with E-state index >= 15 is 0 Å². The van der Waals surface area contributed by atoms with Crippen molar-refractivity contribution in [2.75, 3.05) is 13.1 Å². The van der Waals surface area contributed by atoms with Gasteiger partial charge in [0.25, 0.3) is 0 Å². The first kappa shape index (κ1) is 17.4. The van der Waals surface area contributed by atoms with Crippen molar-refractivity contribution in [3.8, 4) is 5.75 Å². The van der Waals surface area contributed by atoms with E-state index in [-0.39, 0.29) is 17.8 Å². The molecule has 0 saturated carbocycles. The van der Waals surface area contributed by atoms with Crippen LogP contribution in [0.3, 0.4) is 0 Å². The molecule has 1 unspecified atom stereocenters. The SMILES string of the molecule is CCC(CC)(CN)C(=O)NCC(C)Oc1cccc(F)c1. The summed E-state index contributed by atoms with van der Waals surface area (Å²) >= 11 is 0. The average Bonchev–Trinajstić information content (AvgIpc) is 2.47. The quantitative estimate of drug-likeness (QED) is 0.774. The monoisotopic (exact) mass is 296 g/mol. The topological polar surface area (TPSA) is 64.4 Å². The third kappa shape index (κ3) is 4.70. The van der Waals surface area contributed by atoms with Crippen LogP contribution in [-0.4, -0.2) is 25.1 Å². The number of hydrogen-bond acceptors (Lipinski definition) is 3. The Morgan fingerprint density at radius 3 is 2.62 bits per heavy atom. The van der Waals surface area contributed by atoms with Crippen molar-refractivity contribution in [1.82, 2.24) is 5.32 Å². The summed E-state index contributed by atoms with van der Waals surface area (Å²) in [5.41, 5.74) is 5.23. The predicted octanol–water partition coefficient (Wildman–Crippen LogP) is 2.47. The van der Waals surface area contributed by atoms with Gasteiger partial charge in [-0.25, -0.2) is 4.39 Å². The van der Waals surface area contributed by atoms with Gasteiger partial charge in [0.05, 0.1) is 12.0 Å². The molecule has 1 atom stereocenters. The van der Waals surface area contributed by atoms with Gasteiger partial charge in [-0.2, -0.15) is 0 Å². The van der Waals surface area contributed by atoms with E-state index in [1.165, 1.54) is 12.1 Å². The van der Waals surface area contributed by atoms with Crippen molar-refractivity contribution in [3.05, 3.63) is 30.1 Å². The van der Waals surface area contributed by atoms with Gasteiger partial charge in [-0.05, 0) is 31.9 Å². The Bertz CT molecular complexity index is 453. The molecule has 0 bridgehead atoms. The summed E-state index contributed by atoms with van der Waals surface area (Å²) in [4.78, 5) is 12.3. The minimum absolute atomic E-state index is 0.0512. The van der Waals surface area contributed by atoms with Crippen LogP contribution in [0, 0.1) is 11.2 Å². The second kappa shape index (κ2) is 7.98. The van der Waals surface area contributed by atoms with Gasteiger partial charge < -0.3 is 15.8 Å². The number of carbonyl (C=O) groups is 1. The first-order valence-corrected chi connectivity index (χ1v) is 7.38. The molecule has 1 amide bonds. The second-order valence-electron chi connectivity index (χ2n) is 5.29. The Balaban J connectivity index is 2.52. The number of hydrogen-bond donors (Lipinski definition) is 2. The van der Waals surface area contributed by atoms with Crippen molar-refractivity contribution in [2.24, 2.45) is 11.1 Å². The molecule has 0 heterocycles. The van der Waals surface area contributed by atoms with Gasteiger partial charge in [0.2, 0.25) is 5.91 Å². The van der Waals surface area contributed by atoms with Crippen LogP contribution in [0.2, 0.25) is 0 Å². The summed E-state index contributed by atoms with van der Waals surface area (Å²) in [6.45, 7) is 6.43. The van der Waals surface area contributed by atoms with Crippen LogP contribution in [-0.2, 0) is 4.79 Å². The lowest BCUT2D eigenvalue weighted by Gasteiger charge is -2.29. The summed E-state index contributed by atoms with van der Waals surface area (Å²) in [7, 11) is 0. The maximum atomic E-state index is 13.1. The van der Waals surface area contributed by atoms with Gasteiger partial charge >= 0.3 is 0 Å². The maximum Gasteiger partial charge on any atom is 0.227 e. The second-order valence-corrected chi connectivity index (χ2v) is 5.29. The predicted molar refractivity (Wildman–Crippen MR) is 81.6 cm³/mol. The Hall–Kier alpha value is -1.62. The zero-order valence-corrected chi connectivity index (χ0v) is 13.0. The van der Waals surface area contributed by atoms with Crippen molar-refractivity contribution >= 4 is 5.91 Å². The van der Waals surface area contributed by atoms with Crippen molar-refractivity contribution in [3.63, 3.8) is 0 Å². The van der Waals surface area contributed by atoms with E-state index in [2.05, 4.69) is 5.32 Å². The summed E-state index contributed by atoms with van der Waals surface area (Å²) in [5.74, 6) is 0.0559. The fraction of sp³-hybridized carbons (Fsp3) is 0.562. The van der Waals surface area contributed by atoms with Crippen LogP contribution in [0.25, 0.3) is 0 Å². The number of ether oxygens (including phenoxy) is 1. The maximum absolute atomic E-state index is 13.1. The van der Waals surface area contributed by atoms with E-state index in [9.17, 15) is 9.18 Å². The van der Waals surface area contributed by atoms with E-state index in [1.54, 1.807) is 12.1 Å². The summed E-state index contributed by atoms with van der Waals surface area (Å²) in [6.07, 6.45) is 1.15. The zero-order valence-electron chi connectivity index (χ0n) is 13.0. The van der Waals surface area contributed by atoms with E-state index < -0.39 is 5.41 Å². The Labute approximate surface area is 125 Å². The number of benzene rings is 1. The number of rotatable bonds is 8.